The van der Waals surface area contributed by atoms with Gasteiger partial charge in [-0.15, -0.1) is 0 Å². The Morgan fingerprint density at radius 1 is 1.42 bits per heavy atom. The van der Waals surface area contributed by atoms with Gasteiger partial charge < -0.3 is 19.6 Å². The number of piperidine rings is 1. The first-order chi connectivity index (χ1) is 8.76. The number of nitrogens with zero attached hydrogens (tertiary/aromatic N) is 2. The number of ether oxygens (including phenoxy) is 1. The molecule has 19 heavy (non-hydrogen) atoms. The van der Waals surface area contributed by atoms with Crippen LogP contribution in [0.1, 0.15) is 27.2 Å². The molecule has 0 radical (unpaired) electrons. The van der Waals surface area contributed by atoms with E-state index in [-0.39, 0.29) is 18.1 Å². The van der Waals surface area contributed by atoms with E-state index in [1.54, 1.807) is 4.90 Å². The zero-order valence-electron chi connectivity index (χ0n) is 12.5. The van der Waals surface area contributed by atoms with Crippen LogP contribution in [0.25, 0.3) is 0 Å². The maximum Gasteiger partial charge on any atom is 0.410 e. The summed E-state index contributed by atoms with van der Waals surface area (Å²) in [6.07, 6.45) is 0.696. The number of hydrogen-bond donors (Lipinski definition) is 1. The number of likely N-dealkylation sites (tertiary alicyclic amines) is 2. The Bertz CT molecular complexity index is 353. The van der Waals surface area contributed by atoms with Gasteiger partial charge >= 0.3 is 6.09 Å². The largest absolute Gasteiger partial charge is 0.444 e. The summed E-state index contributed by atoms with van der Waals surface area (Å²) in [4.78, 5) is 16.2. The van der Waals surface area contributed by atoms with Crippen molar-refractivity contribution in [1.29, 1.82) is 0 Å². The van der Waals surface area contributed by atoms with Crippen molar-refractivity contribution in [3.63, 3.8) is 0 Å². The fourth-order valence-electron chi connectivity index (χ4n) is 3.17. The number of hydrogen-bond acceptors (Lipinski definition) is 4. The third kappa shape index (κ3) is 3.03. The van der Waals surface area contributed by atoms with Crippen molar-refractivity contribution < 1.29 is 14.6 Å². The Labute approximate surface area is 115 Å². The highest BCUT2D eigenvalue weighted by Crippen LogP contribution is 2.42. The molecule has 2 atom stereocenters. The van der Waals surface area contributed by atoms with Crippen LogP contribution in [0.15, 0.2) is 0 Å². The van der Waals surface area contributed by atoms with Crippen LogP contribution in [0.3, 0.4) is 0 Å². The maximum atomic E-state index is 12.2. The molecule has 1 amide bonds. The molecular formula is C14H26N2O3. The molecule has 0 aromatic rings. The van der Waals surface area contributed by atoms with Gasteiger partial charge in [-0.1, -0.05) is 0 Å². The molecule has 2 saturated heterocycles. The SMILES string of the molecule is CN1CCC2(CO)CN(C(=O)OC(C)(C)C)CC2C1. The minimum atomic E-state index is -0.464. The van der Waals surface area contributed by atoms with Crippen LogP contribution in [0.4, 0.5) is 4.79 Å². The lowest BCUT2D eigenvalue weighted by molar-refractivity contribution is 0.0182. The van der Waals surface area contributed by atoms with Crippen LogP contribution < -0.4 is 0 Å². The quantitative estimate of drug-likeness (QED) is 0.777. The van der Waals surface area contributed by atoms with Crippen LogP contribution >= 0.6 is 0 Å². The third-order valence-corrected chi connectivity index (χ3v) is 4.30. The summed E-state index contributed by atoms with van der Waals surface area (Å²) in [6.45, 7) is 9.04. The van der Waals surface area contributed by atoms with E-state index in [2.05, 4.69) is 11.9 Å². The molecule has 0 spiro atoms. The molecular weight excluding hydrogens is 244 g/mol. The lowest BCUT2D eigenvalue weighted by atomic mass is 9.73. The molecule has 1 N–H and O–H groups in total. The predicted octanol–water partition coefficient (Wildman–Crippen LogP) is 1.17. The molecule has 0 saturated carbocycles. The highest BCUT2D eigenvalue weighted by atomic mass is 16.6. The standard InChI is InChI=1S/C14H26N2O3/c1-13(2,3)19-12(18)16-8-11-7-15(4)6-5-14(11,9-16)10-17/h11,17H,5-10H2,1-4H3. The monoisotopic (exact) mass is 270 g/mol. The number of carbonyl (C=O) groups is 1. The van der Waals surface area contributed by atoms with Gasteiger partial charge in [-0.05, 0) is 46.7 Å². The summed E-state index contributed by atoms with van der Waals surface area (Å²) in [5, 5.41) is 9.77. The van der Waals surface area contributed by atoms with Gasteiger partial charge in [0.15, 0.2) is 0 Å². The molecule has 0 aliphatic carbocycles. The molecule has 0 aromatic carbocycles. The highest BCUT2D eigenvalue weighted by molar-refractivity contribution is 5.68. The molecule has 2 unspecified atom stereocenters. The van der Waals surface area contributed by atoms with E-state index in [9.17, 15) is 9.90 Å². The van der Waals surface area contributed by atoms with E-state index < -0.39 is 5.60 Å². The van der Waals surface area contributed by atoms with Crippen molar-refractivity contribution in [2.45, 2.75) is 32.8 Å². The van der Waals surface area contributed by atoms with E-state index in [4.69, 9.17) is 4.74 Å². The van der Waals surface area contributed by atoms with E-state index in [1.807, 2.05) is 20.8 Å². The summed E-state index contributed by atoms with van der Waals surface area (Å²) in [5.74, 6) is 0.351. The minimum Gasteiger partial charge on any atom is -0.444 e. The summed E-state index contributed by atoms with van der Waals surface area (Å²) in [6, 6.07) is 0. The molecule has 2 fully saturated rings. The second-order valence-corrected chi connectivity index (χ2v) is 7.09. The van der Waals surface area contributed by atoms with Gasteiger partial charge in [-0.2, -0.15) is 0 Å². The van der Waals surface area contributed by atoms with E-state index in [0.29, 0.717) is 19.0 Å². The van der Waals surface area contributed by atoms with Gasteiger partial charge in [0.25, 0.3) is 0 Å². The molecule has 2 aliphatic heterocycles. The van der Waals surface area contributed by atoms with Gasteiger partial charge in [-0.25, -0.2) is 4.79 Å². The first-order valence-electron chi connectivity index (χ1n) is 7.03. The molecule has 5 heteroatoms. The second-order valence-electron chi connectivity index (χ2n) is 7.09. The van der Waals surface area contributed by atoms with Crippen LogP contribution in [0.2, 0.25) is 0 Å². The summed E-state index contributed by atoms with van der Waals surface area (Å²) >= 11 is 0. The fraction of sp³-hybridized carbons (Fsp3) is 0.929. The topological polar surface area (TPSA) is 53.0 Å². The number of fused-ring (bicyclic) bond motifs is 1. The van der Waals surface area contributed by atoms with Gasteiger partial charge in [0.05, 0.1) is 6.61 Å². The van der Waals surface area contributed by atoms with Crippen molar-refractivity contribution in [1.82, 2.24) is 9.80 Å². The molecule has 0 aromatic heterocycles. The van der Waals surface area contributed by atoms with Crippen LogP contribution in [0, 0.1) is 11.3 Å². The Balaban J connectivity index is 2.06. The van der Waals surface area contributed by atoms with Crippen LogP contribution in [-0.4, -0.2) is 66.4 Å². The van der Waals surface area contributed by atoms with Gasteiger partial charge in [0.2, 0.25) is 0 Å². The average Bonchev–Trinajstić information content (AvgIpc) is 2.66. The summed E-state index contributed by atoms with van der Waals surface area (Å²) in [7, 11) is 2.09. The number of rotatable bonds is 1. The molecule has 2 aliphatic rings. The van der Waals surface area contributed by atoms with E-state index >= 15 is 0 Å². The van der Waals surface area contributed by atoms with Crippen molar-refractivity contribution in [3.05, 3.63) is 0 Å². The van der Waals surface area contributed by atoms with E-state index in [1.165, 1.54) is 0 Å². The average molecular weight is 270 g/mol. The number of aliphatic hydroxyl groups is 1. The summed E-state index contributed by atoms with van der Waals surface area (Å²) in [5.41, 5.74) is -0.586. The van der Waals surface area contributed by atoms with Crippen molar-refractivity contribution in [3.8, 4) is 0 Å². The zero-order valence-corrected chi connectivity index (χ0v) is 12.5. The predicted molar refractivity (Wildman–Crippen MR) is 72.9 cm³/mol. The first kappa shape index (κ1) is 14.6. The van der Waals surface area contributed by atoms with Crippen molar-refractivity contribution in [2.24, 2.45) is 11.3 Å². The number of amides is 1. The molecule has 2 heterocycles. The Hall–Kier alpha value is -0.810. The molecule has 2 rings (SSSR count). The number of aliphatic hydroxyl groups excluding tert-OH is 1. The Kier molecular flexibility index (Phi) is 3.80. The molecule has 110 valence electrons. The van der Waals surface area contributed by atoms with Crippen LogP contribution in [0.5, 0.6) is 0 Å². The van der Waals surface area contributed by atoms with Crippen molar-refractivity contribution in [2.75, 3.05) is 39.8 Å². The van der Waals surface area contributed by atoms with Gasteiger partial charge in [0, 0.05) is 25.0 Å². The lowest BCUT2D eigenvalue weighted by Crippen LogP contribution is -2.47. The Morgan fingerprint density at radius 2 is 2.11 bits per heavy atom. The van der Waals surface area contributed by atoms with Crippen LogP contribution in [-0.2, 0) is 4.74 Å². The molecule has 5 nitrogen and oxygen atoms in total. The fourth-order valence-corrected chi connectivity index (χ4v) is 3.17. The maximum absolute atomic E-state index is 12.2. The second kappa shape index (κ2) is 4.94. The normalized spacial score (nSPS) is 32.3. The minimum absolute atomic E-state index is 0.122. The van der Waals surface area contributed by atoms with Gasteiger partial charge in [-0.3, -0.25) is 0 Å². The highest BCUT2D eigenvalue weighted by Gasteiger charge is 2.50. The smallest absolute Gasteiger partial charge is 0.410 e. The number of carbonyl (C=O) groups excluding carboxylic acids is 1. The van der Waals surface area contributed by atoms with Gasteiger partial charge in [0.1, 0.15) is 5.60 Å². The lowest BCUT2D eigenvalue weighted by Gasteiger charge is -2.40. The van der Waals surface area contributed by atoms with E-state index in [0.717, 1.165) is 19.5 Å². The third-order valence-electron chi connectivity index (χ3n) is 4.30. The molecule has 0 bridgehead atoms. The van der Waals surface area contributed by atoms with Crippen molar-refractivity contribution >= 4 is 6.09 Å². The Morgan fingerprint density at radius 3 is 2.68 bits per heavy atom. The summed E-state index contributed by atoms with van der Waals surface area (Å²) < 4.78 is 5.44. The first-order valence-corrected chi connectivity index (χ1v) is 7.03. The zero-order chi connectivity index (χ0) is 14.3.